The fourth-order valence-corrected chi connectivity index (χ4v) is 5.58. The molecule has 4 N–H and O–H groups in total. The van der Waals surface area contributed by atoms with Crippen molar-refractivity contribution in [1.29, 1.82) is 0 Å². The maximum atomic E-state index is 13.2. The number of aliphatic imine (C=N–C) groups is 1. The number of aromatic hydroxyl groups is 1. The summed E-state index contributed by atoms with van der Waals surface area (Å²) >= 11 is 0. The van der Waals surface area contributed by atoms with Crippen LogP contribution in [0.4, 0.5) is 11.4 Å². The quantitative estimate of drug-likeness (QED) is 0.0531. The Morgan fingerprint density at radius 3 is 2.02 bits per heavy atom. The molecular formula is C38H53N5O4. The van der Waals surface area contributed by atoms with E-state index in [-0.39, 0.29) is 11.7 Å². The molecule has 2 aromatic carbocycles. The molecule has 1 aliphatic rings. The van der Waals surface area contributed by atoms with Gasteiger partial charge in [0.25, 0.3) is 0 Å². The lowest BCUT2D eigenvalue weighted by Gasteiger charge is -2.35. The summed E-state index contributed by atoms with van der Waals surface area (Å²) in [6.45, 7) is 8.17. The molecule has 2 heterocycles. The Hall–Kier alpha value is -4.40. The van der Waals surface area contributed by atoms with Crippen LogP contribution in [0.5, 0.6) is 17.2 Å². The van der Waals surface area contributed by atoms with Crippen molar-refractivity contribution in [3.05, 3.63) is 72.1 Å². The zero-order valence-electron chi connectivity index (χ0n) is 28.3. The molecular weight excluding hydrogens is 590 g/mol. The predicted octanol–water partition coefficient (Wildman–Crippen LogP) is 7.82. The van der Waals surface area contributed by atoms with Gasteiger partial charge in [0.15, 0.2) is 11.5 Å². The third-order valence-corrected chi connectivity index (χ3v) is 8.42. The van der Waals surface area contributed by atoms with Gasteiger partial charge in [-0.3, -0.25) is 4.79 Å². The molecule has 4 rings (SSSR count). The summed E-state index contributed by atoms with van der Waals surface area (Å²) in [6.07, 6.45) is 16.5. The van der Waals surface area contributed by atoms with Crippen molar-refractivity contribution in [2.45, 2.75) is 78.1 Å². The van der Waals surface area contributed by atoms with Crippen molar-refractivity contribution in [2.24, 2.45) is 10.7 Å². The van der Waals surface area contributed by atoms with Crippen LogP contribution in [0.2, 0.25) is 0 Å². The number of amidine groups is 1. The lowest BCUT2D eigenvalue weighted by Crippen LogP contribution is -2.48. The zero-order chi connectivity index (χ0) is 33.3. The van der Waals surface area contributed by atoms with E-state index in [1.807, 2.05) is 47.5 Å². The lowest BCUT2D eigenvalue weighted by atomic mass is 10.1. The van der Waals surface area contributed by atoms with E-state index < -0.39 is 0 Å². The molecule has 0 spiro atoms. The third-order valence-electron chi connectivity index (χ3n) is 8.42. The minimum Gasteiger partial charge on any atom is -0.502 e. The summed E-state index contributed by atoms with van der Waals surface area (Å²) < 4.78 is 12.0. The summed E-state index contributed by atoms with van der Waals surface area (Å²) in [5.74, 6) is 1.22. The van der Waals surface area contributed by atoms with Crippen LogP contribution in [0.3, 0.4) is 0 Å². The van der Waals surface area contributed by atoms with Crippen molar-refractivity contribution in [1.82, 2.24) is 9.88 Å². The van der Waals surface area contributed by atoms with Crippen molar-refractivity contribution in [3.8, 4) is 17.2 Å². The average molecular weight is 644 g/mol. The van der Waals surface area contributed by atoms with Gasteiger partial charge in [0.1, 0.15) is 5.84 Å². The number of nitrogens with two attached hydrogens (primary N) is 1. The first-order valence-electron chi connectivity index (χ1n) is 17.4. The number of unbranched alkanes of at least 4 members (excludes halogenated alkanes) is 8. The number of rotatable bonds is 19. The van der Waals surface area contributed by atoms with Crippen LogP contribution in [-0.4, -0.2) is 66.1 Å². The Kier molecular flexibility index (Phi) is 14.6. The number of nitrogens with zero attached hydrogens (tertiary/aromatic N) is 3. The maximum Gasteiger partial charge on any atom is 0.246 e. The highest BCUT2D eigenvalue weighted by atomic mass is 16.5. The van der Waals surface area contributed by atoms with E-state index in [1.165, 1.54) is 38.5 Å². The van der Waals surface area contributed by atoms with Crippen molar-refractivity contribution < 1.29 is 19.4 Å². The van der Waals surface area contributed by atoms with Crippen molar-refractivity contribution in [3.63, 3.8) is 0 Å². The fraction of sp³-hybridized carbons (Fsp3) is 0.474. The van der Waals surface area contributed by atoms with E-state index in [9.17, 15) is 9.90 Å². The normalized spacial score (nSPS) is 13.8. The summed E-state index contributed by atoms with van der Waals surface area (Å²) in [6, 6.07) is 15.3. The molecule has 1 fully saturated rings. The summed E-state index contributed by atoms with van der Waals surface area (Å²) in [5, 5.41) is 10.9. The predicted molar refractivity (Wildman–Crippen MR) is 192 cm³/mol. The molecule has 1 amide bonds. The smallest absolute Gasteiger partial charge is 0.246 e. The monoisotopic (exact) mass is 643 g/mol. The summed E-state index contributed by atoms with van der Waals surface area (Å²) in [7, 11) is 0. The van der Waals surface area contributed by atoms with Crippen molar-refractivity contribution >= 4 is 29.2 Å². The Balaban J connectivity index is 1.32. The number of phenolic OH excluding ortho intramolecular Hbond substituents is 1. The largest absolute Gasteiger partial charge is 0.502 e. The van der Waals surface area contributed by atoms with Gasteiger partial charge in [-0.1, -0.05) is 65.2 Å². The van der Waals surface area contributed by atoms with Crippen LogP contribution in [0.15, 0.2) is 65.8 Å². The number of carbonyl (C=O) groups is 1. The number of hydrogen-bond donors (Lipinski definition) is 3. The van der Waals surface area contributed by atoms with Crippen LogP contribution >= 0.6 is 0 Å². The van der Waals surface area contributed by atoms with Gasteiger partial charge in [-0.15, -0.1) is 0 Å². The molecule has 0 bridgehead atoms. The maximum absolute atomic E-state index is 13.2. The van der Waals surface area contributed by atoms with Gasteiger partial charge in [0.05, 0.1) is 24.6 Å². The van der Waals surface area contributed by atoms with Crippen LogP contribution in [0.1, 0.15) is 89.3 Å². The van der Waals surface area contributed by atoms with Gasteiger partial charge in [-0.05, 0) is 73.0 Å². The molecule has 9 heteroatoms. The van der Waals surface area contributed by atoms with Crippen molar-refractivity contribution in [2.75, 3.05) is 44.3 Å². The Labute approximate surface area is 280 Å². The minimum atomic E-state index is -0.0426. The van der Waals surface area contributed by atoms with Crippen LogP contribution in [0.25, 0.3) is 6.08 Å². The molecule has 47 heavy (non-hydrogen) atoms. The van der Waals surface area contributed by atoms with Gasteiger partial charge >= 0.3 is 0 Å². The number of carbonyl (C=O) groups excluding carboxylic acids is 1. The second-order valence-corrected chi connectivity index (χ2v) is 12.1. The second kappa shape index (κ2) is 19.3. The van der Waals surface area contributed by atoms with Gasteiger partial charge in [0.2, 0.25) is 11.7 Å². The minimum absolute atomic E-state index is 0.0236. The van der Waals surface area contributed by atoms with E-state index in [4.69, 9.17) is 15.2 Å². The van der Waals surface area contributed by atoms with E-state index >= 15 is 0 Å². The highest BCUT2D eigenvalue weighted by Gasteiger charge is 2.20. The molecule has 0 atom stereocenters. The van der Waals surface area contributed by atoms with Crippen LogP contribution in [0, 0.1) is 0 Å². The van der Waals surface area contributed by atoms with Gasteiger partial charge in [0, 0.05) is 44.1 Å². The number of nitrogens with one attached hydrogen (secondary N) is 1. The fourth-order valence-electron chi connectivity index (χ4n) is 5.58. The van der Waals surface area contributed by atoms with Gasteiger partial charge < -0.3 is 35.1 Å². The number of phenols is 1. The first-order chi connectivity index (χ1) is 23.0. The summed E-state index contributed by atoms with van der Waals surface area (Å²) in [4.78, 5) is 24.9. The van der Waals surface area contributed by atoms with Gasteiger partial charge in [-0.25, -0.2) is 4.99 Å². The average Bonchev–Trinajstić information content (AvgIpc) is 3.64. The third kappa shape index (κ3) is 11.4. The highest BCUT2D eigenvalue weighted by Crippen LogP contribution is 2.38. The lowest BCUT2D eigenvalue weighted by molar-refractivity contribution is -0.126. The molecule has 3 aromatic rings. The van der Waals surface area contributed by atoms with E-state index in [0.717, 1.165) is 61.4 Å². The number of piperazine rings is 1. The summed E-state index contributed by atoms with van der Waals surface area (Å²) in [5.41, 5.74) is 9.52. The SMILES string of the molecule is CCCCCCCOc1cc(C=CC(=O)N2CCN(c3ccc(N=C(N)c4ccc[nH]4)cc3)CC2)cc(OCCCCCCC)c1O. The molecule has 1 aromatic heterocycles. The number of amides is 1. The van der Waals surface area contributed by atoms with Gasteiger partial charge in [-0.2, -0.15) is 0 Å². The first kappa shape index (κ1) is 35.5. The molecule has 9 nitrogen and oxygen atoms in total. The Morgan fingerprint density at radius 1 is 0.872 bits per heavy atom. The zero-order valence-corrected chi connectivity index (χ0v) is 28.3. The second-order valence-electron chi connectivity index (χ2n) is 12.1. The molecule has 0 unspecified atom stereocenters. The number of ether oxygens (including phenoxy) is 2. The molecule has 0 saturated carbocycles. The van der Waals surface area contributed by atoms with E-state index in [1.54, 1.807) is 24.3 Å². The first-order valence-corrected chi connectivity index (χ1v) is 17.4. The number of anilines is 1. The molecule has 1 saturated heterocycles. The number of benzene rings is 2. The Morgan fingerprint density at radius 2 is 1.47 bits per heavy atom. The Bertz CT molecular complexity index is 1370. The van der Waals surface area contributed by atoms with E-state index in [2.05, 4.69) is 28.7 Å². The standard InChI is InChI=1S/C38H53N5O4/c1-3-5-7-9-11-26-46-34-28-30(29-35(37(34)45)47-27-12-10-8-6-4-2)15-20-36(44)43-24-22-42(23-25-43)32-18-16-31(17-19-32)41-38(39)33-14-13-21-40-33/h13-21,28-29,40,45H,3-12,22-27H2,1-2H3,(H2,39,41). The molecule has 0 aliphatic carbocycles. The van der Waals surface area contributed by atoms with Crippen LogP contribution in [-0.2, 0) is 4.79 Å². The molecule has 1 aliphatic heterocycles. The number of hydrogen-bond acceptors (Lipinski definition) is 6. The molecule has 0 radical (unpaired) electrons. The molecule has 254 valence electrons. The number of aromatic nitrogens is 1. The highest BCUT2D eigenvalue weighted by molar-refractivity contribution is 5.97. The number of aromatic amines is 1. The number of H-pyrrole nitrogens is 1. The topological polar surface area (TPSA) is 116 Å². The van der Waals surface area contributed by atoms with Crippen LogP contribution < -0.4 is 20.1 Å². The van der Waals surface area contributed by atoms with E-state index in [0.29, 0.717) is 43.6 Å².